The molecule has 0 aromatic rings. The zero-order valence-corrected chi connectivity index (χ0v) is 30.6. The molecule has 0 saturated heterocycles. The van der Waals surface area contributed by atoms with Gasteiger partial charge in [0, 0.05) is 12.8 Å². The number of unbranched alkanes of at least 4 members (excludes halogenated alkanes) is 21. The van der Waals surface area contributed by atoms with Crippen LogP contribution in [0.25, 0.3) is 0 Å². The molecule has 0 fully saturated rings. The van der Waals surface area contributed by atoms with Gasteiger partial charge >= 0.3 is 11.9 Å². The summed E-state index contributed by atoms with van der Waals surface area (Å²) in [5, 5.41) is 8.82. The summed E-state index contributed by atoms with van der Waals surface area (Å²) in [5.41, 5.74) is 0. The number of rotatable bonds is 36. The highest BCUT2D eigenvalue weighted by Gasteiger charge is 2.14. The lowest BCUT2D eigenvalue weighted by molar-refractivity contribution is -0.150. The highest BCUT2D eigenvalue weighted by molar-refractivity contribution is 5.69. The van der Waals surface area contributed by atoms with Gasteiger partial charge in [-0.25, -0.2) is 0 Å². The third-order valence-electron chi connectivity index (χ3n) is 8.88. The molecular weight excluding hydrogens is 568 g/mol. The molecule has 1 atom stereocenters. The molecule has 0 heterocycles. The molecule has 0 spiro atoms. The second-order valence-corrected chi connectivity index (χ2v) is 13.4. The largest absolute Gasteiger partial charge is 0.481 e. The van der Waals surface area contributed by atoms with E-state index in [0.29, 0.717) is 6.42 Å². The number of carboxylic acids is 1. The van der Waals surface area contributed by atoms with E-state index in [1.807, 2.05) is 0 Å². The Bertz CT molecular complexity index is 738. The molecule has 0 bridgehead atoms. The average Bonchev–Trinajstić information content (AvgIpc) is 3.04. The zero-order valence-electron chi connectivity index (χ0n) is 30.6. The van der Waals surface area contributed by atoms with Crippen molar-refractivity contribution >= 4 is 11.9 Å². The molecule has 268 valence electrons. The SMILES string of the molecule is CC/C=C\C/C=C\C/C=C\CCCCCCCC(=O)OC(CCCCCCCCCCCCCCC)CCCCCCCC(=O)O. The Kier molecular flexibility index (Phi) is 36.1. The van der Waals surface area contributed by atoms with Crippen molar-refractivity contribution in [2.45, 2.75) is 219 Å². The van der Waals surface area contributed by atoms with E-state index in [0.717, 1.165) is 89.9 Å². The smallest absolute Gasteiger partial charge is 0.306 e. The topological polar surface area (TPSA) is 63.6 Å². The fourth-order valence-electron chi connectivity index (χ4n) is 5.96. The van der Waals surface area contributed by atoms with Gasteiger partial charge in [0.15, 0.2) is 0 Å². The first-order valence-corrected chi connectivity index (χ1v) is 20.0. The maximum absolute atomic E-state index is 12.7. The van der Waals surface area contributed by atoms with Gasteiger partial charge in [0.05, 0.1) is 0 Å². The summed E-state index contributed by atoms with van der Waals surface area (Å²) in [4.78, 5) is 23.4. The lowest BCUT2D eigenvalue weighted by Gasteiger charge is -2.18. The number of carbonyl (C=O) groups is 2. The van der Waals surface area contributed by atoms with Gasteiger partial charge in [-0.05, 0) is 70.6 Å². The number of carboxylic acid groups (broad SMARTS) is 1. The standard InChI is InChI=1S/C42H76O4/c1-3-5-7-9-11-13-15-17-18-20-22-24-26-31-35-39-42(45)46-40(37-33-29-27-30-34-38-41(43)44)36-32-28-25-23-21-19-16-14-12-10-8-6-4-2/h5,7,11,13,17-18,40H,3-4,6,8-10,12,14-16,19-39H2,1-2H3,(H,43,44)/b7-5-,13-11-,18-17-. The average molecular weight is 645 g/mol. The van der Waals surface area contributed by atoms with Crippen LogP contribution in [-0.4, -0.2) is 23.1 Å². The lowest BCUT2D eigenvalue weighted by Crippen LogP contribution is -2.18. The molecule has 0 radical (unpaired) electrons. The highest BCUT2D eigenvalue weighted by Crippen LogP contribution is 2.19. The molecule has 0 amide bonds. The molecule has 4 heteroatoms. The maximum atomic E-state index is 12.7. The number of carbonyl (C=O) groups excluding carboxylic acids is 1. The summed E-state index contributed by atoms with van der Waals surface area (Å²) < 4.78 is 6.00. The zero-order chi connectivity index (χ0) is 33.6. The van der Waals surface area contributed by atoms with E-state index in [9.17, 15) is 9.59 Å². The minimum atomic E-state index is -0.702. The molecule has 46 heavy (non-hydrogen) atoms. The minimum absolute atomic E-state index is 0.0117. The van der Waals surface area contributed by atoms with Gasteiger partial charge in [-0.2, -0.15) is 0 Å². The Morgan fingerprint density at radius 3 is 1.41 bits per heavy atom. The first-order chi connectivity index (χ1) is 22.6. The van der Waals surface area contributed by atoms with Crippen LogP contribution in [0, 0.1) is 0 Å². The number of allylic oxidation sites excluding steroid dienone is 6. The molecule has 1 N–H and O–H groups in total. The van der Waals surface area contributed by atoms with Crippen molar-refractivity contribution in [1.82, 2.24) is 0 Å². The molecule has 4 nitrogen and oxygen atoms in total. The monoisotopic (exact) mass is 645 g/mol. The summed E-state index contributed by atoms with van der Waals surface area (Å²) >= 11 is 0. The number of ether oxygens (including phenoxy) is 1. The molecule has 0 aromatic heterocycles. The molecule has 1 unspecified atom stereocenters. The molecular formula is C42H76O4. The predicted octanol–water partition coefficient (Wildman–Crippen LogP) is 13.8. The van der Waals surface area contributed by atoms with Gasteiger partial charge in [-0.1, -0.05) is 166 Å². The van der Waals surface area contributed by atoms with Crippen molar-refractivity contribution in [3.05, 3.63) is 36.5 Å². The minimum Gasteiger partial charge on any atom is -0.481 e. The third kappa shape index (κ3) is 36.6. The van der Waals surface area contributed by atoms with Gasteiger partial charge in [-0.3, -0.25) is 9.59 Å². The molecule has 0 aliphatic rings. The van der Waals surface area contributed by atoms with Gasteiger partial charge in [0.25, 0.3) is 0 Å². The van der Waals surface area contributed by atoms with Gasteiger partial charge in [-0.15, -0.1) is 0 Å². The predicted molar refractivity (Wildman–Crippen MR) is 199 cm³/mol. The van der Waals surface area contributed by atoms with E-state index in [1.165, 1.54) is 96.3 Å². The van der Waals surface area contributed by atoms with E-state index in [2.05, 4.69) is 50.3 Å². The van der Waals surface area contributed by atoms with Crippen molar-refractivity contribution < 1.29 is 19.4 Å². The summed E-state index contributed by atoms with van der Waals surface area (Å²) in [6.45, 7) is 4.44. The Balaban J connectivity index is 4.06. The number of esters is 1. The Morgan fingerprint density at radius 1 is 0.500 bits per heavy atom. The van der Waals surface area contributed by atoms with Crippen LogP contribution in [0.5, 0.6) is 0 Å². The van der Waals surface area contributed by atoms with Crippen LogP contribution < -0.4 is 0 Å². The summed E-state index contributed by atoms with van der Waals surface area (Å²) in [7, 11) is 0. The second-order valence-electron chi connectivity index (χ2n) is 13.4. The normalized spacial score (nSPS) is 12.6. The van der Waals surface area contributed by atoms with Gasteiger partial charge in [0.1, 0.15) is 6.10 Å². The molecule has 0 saturated carbocycles. The fourth-order valence-corrected chi connectivity index (χ4v) is 5.96. The van der Waals surface area contributed by atoms with Crippen molar-refractivity contribution in [2.75, 3.05) is 0 Å². The lowest BCUT2D eigenvalue weighted by atomic mass is 10.0. The van der Waals surface area contributed by atoms with Crippen LogP contribution in [0.2, 0.25) is 0 Å². The van der Waals surface area contributed by atoms with E-state index in [4.69, 9.17) is 9.84 Å². The molecule has 0 aromatic carbocycles. The summed E-state index contributed by atoms with van der Waals surface area (Å²) in [6, 6.07) is 0. The van der Waals surface area contributed by atoms with Crippen molar-refractivity contribution in [1.29, 1.82) is 0 Å². The van der Waals surface area contributed by atoms with Gasteiger partial charge < -0.3 is 9.84 Å². The number of hydrogen-bond donors (Lipinski definition) is 1. The molecule has 0 rings (SSSR count). The quantitative estimate of drug-likeness (QED) is 0.0419. The first-order valence-electron chi connectivity index (χ1n) is 20.0. The first kappa shape index (κ1) is 44.2. The molecule has 0 aliphatic heterocycles. The van der Waals surface area contributed by atoms with E-state index in [1.54, 1.807) is 0 Å². The van der Waals surface area contributed by atoms with Crippen LogP contribution in [0.4, 0.5) is 0 Å². The summed E-state index contributed by atoms with van der Waals surface area (Å²) in [5.74, 6) is -0.713. The van der Waals surface area contributed by atoms with Gasteiger partial charge in [0.2, 0.25) is 0 Å². The van der Waals surface area contributed by atoms with Crippen LogP contribution in [-0.2, 0) is 14.3 Å². The second kappa shape index (κ2) is 37.6. The number of hydrogen-bond acceptors (Lipinski definition) is 3. The van der Waals surface area contributed by atoms with Crippen molar-refractivity contribution in [2.24, 2.45) is 0 Å². The third-order valence-corrected chi connectivity index (χ3v) is 8.88. The Labute approximate surface area is 286 Å². The van der Waals surface area contributed by atoms with E-state index >= 15 is 0 Å². The Hall–Kier alpha value is -1.84. The van der Waals surface area contributed by atoms with E-state index < -0.39 is 5.97 Å². The van der Waals surface area contributed by atoms with Crippen LogP contribution in [0.1, 0.15) is 213 Å². The van der Waals surface area contributed by atoms with Crippen molar-refractivity contribution in [3.63, 3.8) is 0 Å². The van der Waals surface area contributed by atoms with Crippen LogP contribution >= 0.6 is 0 Å². The van der Waals surface area contributed by atoms with Crippen LogP contribution in [0.15, 0.2) is 36.5 Å². The highest BCUT2D eigenvalue weighted by atomic mass is 16.5. The van der Waals surface area contributed by atoms with Crippen LogP contribution in [0.3, 0.4) is 0 Å². The maximum Gasteiger partial charge on any atom is 0.306 e. The molecule has 0 aliphatic carbocycles. The number of aliphatic carboxylic acids is 1. The fraction of sp³-hybridized carbons (Fsp3) is 0.810. The Morgan fingerprint density at radius 2 is 0.913 bits per heavy atom. The van der Waals surface area contributed by atoms with Crippen molar-refractivity contribution in [3.8, 4) is 0 Å². The summed E-state index contributed by atoms with van der Waals surface area (Å²) in [6.07, 6.45) is 48.7. The van der Waals surface area contributed by atoms with E-state index in [-0.39, 0.29) is 18.5 Å².